The van der Waals surface area contributed by atoms with Crippen LogP contribution in [-0.4, -0.2) is 28.3 Å². The number of nitrogens with zero attached hydrogens (tertiary/aromatic N) is 2. The Labute approximate surface area is 202 Å². The van der Waals surface area contributed by atoms with Crippen molar-refractivity contribution in [2.75, 3.05) is 0 Å². The molecule has 1 aliphatic rings. The number of aliphatic imine (C=N–C) groups is 1. The average molecular weight is 462 g/mol. The summed E-state index contributed by atoms with van der Waals surface area (Å²) in [6, 6.07) is 15.5. The normalized spacial score (nSPS) is 17.6. The maximum Gasteiger partial charge on any atom is 0.315 e. The largest absolute Gasteiger partial charge is 0.369 e. The van der Waals surface area contributed by atoms with Crippen LogP contribution in [0.5, 0.6) is 0 Å². The lowest BCUT2D eigenvalue weighted by atomic mass is 9.91. The van der Waals surface area contributed by atoms with Crippen LogP contribution in [0.1, 0.15) is 56.4 Å². The summed E-state index contributed by atoms with van der Waals surface area (Å²) in [6.45, 7) is 13.1. The van der Waals surface area contributed by atoms with Crippen molar-refractivity contribution in [1.29, 1.82) is 0 Å². The molecular weight excluding hydrogens is 426 g/mol. The van der Waals surface area contributed by atoms with E-state index < -0.39 is 5.54 Å². The van der Waals surface area contributed by atoms with Crippen LogP contribution >= 0.6 is 0 Å². The van der Waals surface area contributed by atoms with E-state index in [0.717, 1.165) is 27.8 Å². The molecular formula is C27H35N5O2. The van der Waals surface area contributed by atoms with Gasteiger partial charge in [-0.15, -0.1) is 0 Å². The zero-order chi connectivity index (χ0) is 24.9. The van der Waals surface area contributed by atoms with Gasteiger partial charge >= 0.3 is 6.03 Å². The molecule has 7 heteroatoms. The summed E-state index contributed by atoms with van der Waals surface area (Å²) in [5.74, 6) is 0.553. The molecule has 1 aliphatic heterocycles. The van der Waals surface area contributed by atoms with Gasteiger partial charge in [0.15, 0.2) is 5.96 Å². The quantitative estimate of drug-likeness (QED) is 0.522. The number of guanidine groups is 1. The predicted molar refractivity (Wildman–Crippen MR) is 137 cm³/mol. The van der Waals surface area contributed by atoms with E-state index in [1.807, 2.05) is 62.4 Å². The molecule has 1 unspecified atom stereocenters. The van der Waals surface area contributed by atoms with Crippen LogP contribution in [0.25, 0.3) is 5.57 Å². The van der Waals surface area contributed by atoms with Crippen molar-refractivity contribution in [3.8, 4) is 0 Å². The predicted octanol–water partition coefficient (Wildman–Crippen LogP) is 4.18. The average Bonchev–Trinajstić information content (AvgIpc) is 2.99. The summed E-state index contributed by atoms with van der Waals surface area (Å²) in [5, 5.41) is 5.73. The van der Waals surface area contributed by atoms with Crippen LogP contribution in [0.15, 0.2) is 60.1 Å². The summed E-state index contributed by atoms with van der Waals surface area (Å²) in [7, 11) is 0. The number of carbonyl (C=O) groups is 2. The zero-order valence-corrected chi connectivity index (χ0v) is 20.5. The van der Waals surface area contributed by atoms with Gasteiger partial charge in [0.1, 0.15) is 5.54 Å². The Kier molecular flexibility index (Phi) is 7.76. The van der Waals surface area contributed by atoms with Crippen molar-refractivity contribution in [3.05, 3.63) is 77.4 Å². The number of rotatable bonds is 9. The number of hydrogen-bond donors (Lipinski definition) is 3. The first-order valence-corrected chi connectivity index (χ1v) is 11.6. The minimum absolute atomic E-state index is 0.0598. The fraction of sp³-hybridized carbons (Fsp3) is 0.370. The van der Waals surface area contributed by atoms with Crippen LogP contribution in [0.2, 0.25) is 0 Å². The van der Waals surface area contributed by atoms with Gasteiger partial charge in [-0.25, -0.2) is 9.79 Å². The fourth-order valence-corrected chi connectivity index (χ4v) is 4.12. The number of nitrogens with two attached hydrogens (primary N) is 1. The monoisotopic (exact) mass is 461 g/mol. The van der Waals surface area contributed by atoms with E-state index in [4.69, 9.17) is 5.73 Å². The molecule has 2 aromatic carbocycles. The van der Waals surface area contributed by atoms with E-state index in [2.05, 4.69) is 36.1 Å². The summed E-state index contributed by atoms with van der Waals surface area (Å²) in [4.78, 5) is 31.1. The Hall–Kier alpha value is -3.61. The molecule has 1 heterocycles. The molecule has 0 aliphatic carbocycles. The minimum atomic E-state index is -0.790. The zero-order valence-electron chi connectivity index (χ0n) is 20.5. The molecule has 3 amide bonds. The molecule has 0 bridgehead atoms. The van der Waals surface area contributed by atoms with Gasteiger partial charge in [-0.05, 0) is 48.4 Å². The molecule has 180 valence electrons. The second-order valence-corrected chi connectivity index (χ2v) is 9.56. The number of benzene rings is 2. The first-order valence-electron chi connectivity index (χ1n) is 11.6. The smallest absolute Gasteiger partial charge is 0.315 e. The van der Waals surface area contributed by atoms with Crippen molar-refractivity contribution in [1.82, 2.24) is 15.5 Å². The molecule has 34 heavy (non-hydrogen) atoms. The van der Waals surface area contributed by atoms with Crippen molar-refractivity contribution in [2.24, 2.45) is 16.6 Å². The molecule has 0 aromatic heterocycles. The van der Waals surface area contributed by atoms with E-state index in [1.165, 1.54) is 0 Å². The topological polar surface area (TPSA) is 99.8 Å². The highest BCUT2D eigenvalue weighted by Gasteiger charge is 2.43. The third kappa shape index (κ3) is 6.25. The lowest BCUT2D eigenvalue weighted by Crippen LogP contribution is -2.43. The number of carbonyl (C=O) groups excluding carboxylic acids is 2. The van der Waals surface area contributed by atoms with Crippen molar-refractivity contribution in [2.45, 2.75) is 59.3 Å². The van der Waals surface area contributed by atoms with E-state index >= 15 is 0 Å². The first-order chi connectivity index (χ1) is 16.1. The number of hydrogen-bond acceptors (Lipinski definition) is 4. The molecule has 0 radical (unpaired) electrons. The SMILES string of the molecule is C=C(C)c1ccc(CNC(=O)NCc2ccc(CN3C(=O)C(C)(CC(C)C)N=C3N)cc2)cc1. The molecule has 0 saturated heterocycles. The van der Waals surface area contributed by atoms with E-state index in [1.54, 1.807) is 4.90 Å². The van der Waals surface area contributed by atoms with Crippen molar-refractivity contribution < 1.29 is 9.59 Å². The van der Waals surface area contributed by atoms with E-state index in [-0.39, 0.29) is 17.9 Å². The Bertz CT molecular complexity index is 1070. The molecule has 7 nitrogen and oxygen atoms in total. The van der Waals surface area contributed by atoms with Gasteiger partial charge in [-0.1, -0.05) is 74.5 Å². The molecule has 3 rings (SSSR count). The highest BCUT2D eigenvalue weighted by Crippen LogP contribution is 2.29. The van der Waals surface area contributed by atoms with Crippen LogP contribution in [0.3, 0.4) is 0 Å². The van der Waals surface area contributed by atoms with Gasteiger partial charge in [0.2, 0.25) is 0 Å². The van der Waals surface area contributed by atoms with Crippen LogP contribution in [0.4, 0.5) is 4.79 Å². The Morgan fingerprint density at radius 2 is 1.53 bits per heavy atom. The first kappa shape index (κ1) is 25.0. The summed E-state index contributed by atoms with van der Waals surface area (Å²) in [5.41, 5.74) is 10.3. The van der Waals surface area contributed by atoms with Crippen molar-refractivity contribution in [3.63, 3.8) is 0 Å². The highest BCUT2D eigenvalue weighted by atomic mass is 16.2. The highest BCUT2D eigenvalue weighted by molar-refractivity contribution is 6.06. The Morgan fingerprint density at radius 1 is 1.03 bits per heavy atom. The third-order valence-corrected chi connectivity index (χ3v) is 5.87. The number of urea groups is 1. The standard InChI is InChI=1S/C27H35N5O2/c1-18(2)14-27(5)24(33)32(25(28)31-27)17-22-8-6-20(7-9-22)15-29-26(34)30-16-21-10-12-23(13-11-21)19(3)4/h6-13,18H,3,14-17H2,1-2,4-5H3,(H2,28,31)(H2,29,30,34). The summed E-state index contributed by atoms with van der Waals surface area (Å²) >= 11 is 0. The lowest BCUT2D eigenvalue weighted by Gasteiger charge is -2.23. The maximum atomic E-state index is 12.9. The van der Waals surface area contributed by atoms with Crippen molar-refractivity contribution >= 4 is 23.5 Å². The van der Waals surface area contributed by atoms with Crippen LogP contribution < -0.4 is 16.4 Å². The summed E-state index contributed by atoms with van der Waals surface area (Å²) < 4.78 is 0. The molecule has 0 spiro atoms. The van der Waals surface area contributed by atoms with E-state index in [9.17, 15) is 9.59 Å². The Morgan fingerprint density at radius 3 is 2.03 bits per heavy atom. The second-order valence-electron chi connectivity index (χ2n) is 9.56. The molecule has 2 aromatic rings. The molecule has 1 atom stereocenters. The van der Waals surface area contributed by atoms with Gasteiger partial charge in [0, 0.05) is 13.1 Å². The number of nitrogens with one attached hydrogen (secondary N) is 2. The van der Waals surface area contributed by atoms with Crippen LogP contribution in [-0.2, 0) is 24.4 Å². The molecule has 0 fully saturated rings. The lowest BCUT2D eigenvalue weighted by molar-refractivity contribution is -0.131. The third-order valence-electron chi connectivity index (χ3n) is 5.87. The van der Waals surface area contributed by atoms with E-state index in [0.29, 0.717) is 32.0 Å². The van der Waals surface area contributed by atoms with Gasteiger partial charge in [0.25, 0.3) is 5.91 Å². The minimum Gasteiger partial charge on any atom is -0.369 e. The maximum absolute atomic E-state index is 12.9. The van der Waals surface area contributed by atoms with Crippen LogP contribution in [0, 0.1) is 5.92 Å². The van der Waals surface area contributed by atoms with Gasteiger partial charge < -0.3 is 16.4 Å². The number of allylic oxidation sites excluding steroid dienone is 1. The molecule has 0 saturated carbocycles. The summed E-state index contributed by atoms with van der Waals surface area (Å²) in [6.07, 6.45) is 0.662. The van der Waals surface area contributed by atoms with Gasteiger partial charge in [-0.2, -0.15) is 0 Å². The molecule has 4 N–H and O–H groups in total. The fourth-order valence-electron chi connectivity index (χ4n) is 4.12. The second kappa shape index (κ2) is 10.5. The Balaban J connectivity index is 1.47. The number of amides is 3. The van der Waals surface area contributed by atoms with Gasteiger partial charge in [0.05, 0.1) is 6.54 Å². The van der Waals surface area contributed by atoms with Gasteiger partial charge in [-0.3, -0.25) is 9.69 Å².